The van der Waals surface area contributed by atoms with Crippen molar-refractivity contribution in [3.8, 4) is 11.8 Å². The van der Waals surface area contributed by atoms with E-state index in [9.17, 15) is 4.79 Å². The fourth-order valence-corrected chi connectivity index (χ4v) is 2.20. The number of rotatable bonds is 5. The molecule has 0 unspecified atom stereocenters. The van der Waals surface area contributed by atoms with Crippen LogP contribution in [0.4, 0.5) is 0 Å². The highest BCUT2D eigenvalue weighted by Gasteiger charge is 2.03. The van der Waals surface area contributed by atoms with Gasteiger partial charge in [-0.1, -0.05) is 59.8 Å². The average molecular weight is 340 g/mol. The molecule has 122 valence electrons. The Morgan fingerprint density at radius 1 is 1.17 bits per heavy atom. The van der Waals surface area contributed by atoms with E-state index in [2.05, 4.69) is 11.8 Å². The summed E-state index contributed by atoms with van der Waals surface area (Å²) >= 11 is 5.88. The third-order valence-corrected chi connectivity index (χ3v) is 3.53. The van der Waals surface area contributed by atoms with Crippen LogP contribution in [-0.2, 0) is 4.79 Å². The van der Waals surface area contributed by atoms with Crippen LogP contribution in [0.1, 0.15) is 11.1 Å². The van der Waals surface area contributed by atoms with Gasteiger partial charge in [0.05, 0.1) is 6.54 Å². The maximum Gasteiger partial charge on any atom is 0.317 e. The molecule has 0 saturated heterocycles. The van der Waals surface area contributed by atoms with Gasteiger partial charge in [0, 0.05) is 22.7 Å². The van der Waals surface area contributed by atoms with E-state index in [-0.39, 0.29) is 6.54 Å². The number of aliphatic carboxylic acids is 1. The summed E-state index contributed by atoms with van der Waals surface area (Å²) in [5.74, 6) is 5.45. The Morgan fingerprint density at radius 2 is 1.83 bits per heavy atom. The lowest BCUT2D eigenvalue weighted by Crippen LogP contribution is -2.25. The van der Waals surface area contributed by atoms with Gasteiger partial charge in [0.25, 0.3) is 0 Å². The Morgan fingerprint density at radius 3 is 2.46 bits per heavy atom. The lowest BCUT2D eigenvalue weighted by atomic mass is 10.1. The Labute approximate surface area is 147 Å². The van der Waals surface area contributed by atoms with Crippen molar-refractivity contribution in [3.05, 3.63) is 76.8 Å². The number of hydrogen-bond acceptors (Lipinski definition) is 2. The van der Waals surface area contributed by atoms with E-state index in [1.165, 1.54) is 0 Å². The van der Waals surface area contributed by atoms with Gasteiger partial charge in [0.2, 0.25) is 0 Å². The molecular formula is C20H18ClNO2. The Hall–Kier alpha value is -2.54. The molecule has 2 rings (SSSR count). The average Bonchev–Trinajstić information content (AvgIpc) is 2.56. The first-order valence-corrected chi connectivity index (χ1v) is 7.86. The molecule has 3 nitrogen and oxygen atoms in total. The fourth-order valence-electron chi connectivity index (χ4n) is 2.07. The van der Waals surface area contributed by atoms with E-state index < -0.39 is 5.97 Å². The maximum atomic E-state index is 10.8. The summed E-state index contributed by atoms with van der Waals surface area (Å²) < 4.78 is 0. The monoisotopic (exact) mass is 339 g/mol. The highest BCUT2D eigenvalue weighted by Crippen LogP contribution is 2.14. The second-order valence-corrected chi connectivity index (χ2v) is 5.77. The van der Waals surface area contributed by atoms with Crippen LogP contribution in [0.5, 0.6) is 0 Å². The summed E-state index contributed by atoms with van der Waals surface area (Å²) in [5.41, 5.74) is 2.74. The third-order valence-electron chi connectivity index (χ3n) is 3.28. The summed E-state index contributed by atoms with van der Waals surface area (Å²) in [6, 6.07) is 17.2. The number of carboxylic acids is 1. The zero-order valence-electron chi connectivity index (χ0n) is 13.4. The number of likely N-dealkylation sites (N-methyl/N-ethyl adjacent to an activating group) is 1. The minimum absolute atomic E-state index is 0.0107. The molecule has 0 spiro atoms. The minimum Gasteiger partial charge on any atom is -0.480 e. The SMILES string of the molecule is CN(CC=C(C#Cc1ccc(Cl)cc1)c1ccccc1)CC(=O)O. The number of allylic oxidation sites excluding steroid dienone is 1. The quantitative estimate of drug-likeness (QED) is 0.842. The number of carboxylic acid groups (broad SMARTS) is 1. The van der Waals surface area contributed by atoms with Gasteiger partial charge in [-0.15, -0.1) is 0 Å². The first-order valence-electron chi connectivity index (χ1n) is 7.48. The molecule has 0 aliphatic heterocycles. The predicted octanol–water partition coefficient (Wildman–Crippen LogP) is 3.79. The molecule has 0 atom stereocenters. The molecule has 2 aromatic carbocycles. The Bertz CT molecular complexity index is 771. The van der Waals surface area contributed by atoms with Gasteiger partial charge in [-0.3, -0.25) is 9.69 Å². The van der Waals surface area contributed by atoms with Crippen molar-refractivity contribution in [2.75, 3.05) is 20.1 Å². The molecule has 0 aromatic heterocycles. The lowest BCUT2D eigenvalue weighted by molar-refractivity contribution is -0.137. The summed E-state index contributed by atoms with van der Waals surface area (Å²) in [7, 11) is 1.76. The van der Waals surface area contributed by atoms with Crippen molar-refractivity contribution >= 4 is 23.1 Å². The standard InChI is InChI=1S/C20H18ClNO2/c1-22(15-20(23)24)14-13-18(17-5-3-2-4-6-17)10-7-16-8-11-19(21)12-9-16/h2-6,8-9,11-13H,14-15H2,1H3,(H,23,24). The molecule has 0 aliphatic rings. The molecule has 2 aromatic rings. The van der Waals surface area contributed by atoms with Crippen LogP contribution in [0.3, 0.4) is 0 Å². The number of benzene rings is 2. The second-order valence-electron chi connectivity index (χ2n) is 5.33. The van der Waals surface area contributed by atoms with Crippen molar-refractivity contribution in [3.63, 3.8) is 0 Å². The molecule has 24 heavy (non-hydrogen) atoms. The fraction of sp³-hybridized carbons (Fsp3) is 0.150. The van der Waals surface area contributed by atoms with Gasteiger partial charge in [-0.2, -0.15) is 0 Å². The Kier molecular flexibility index (Phi) is 6.62. The van der Waals surface area contributed by atoms with Gasteiger partial charge < -0.3 is 5.11 Å². The zero-order chi connectivity index (χ0) is 17.4. The summed E-state index contributed by atoms with van der Waals surface area (Å²) in [5, 5.41) is 9.52. The summed E-state index contributed by atoms with van der Waals surface area (Å²) in [6.45, 7) is 0.495. The van der Waals surface area contributed by atoms with Crippen LogP contribution < -0.4 is 0 Å². The van der Waals surface area contributed by atoms with E-state index in [1.807, 2.05) is 48.5 Å². The molecule has 0 aliphatic carbocycles. The molecule has 0 saturated carbocycles. The largest absolute Gasteiger partial charge is 0.480 e. The number of nitrogens with zero attached hydrogens (tertiary/aromatic N) is 1. The summed E-state index contributed by atoms with van der Waals surface area (Å²) in [4.78, 5) is 12.5. The van der Waals surface area contributed by atoms with Gasteiger partial charge in [-0.25, -0.2) is 0 Å². The van der Waals surface area contributed by atoms with Crippen molar-refractivity contribution in [1.29, 1.82) is 0 Å². The van der Waals surface area contributed by atoms with Crippen LogP contribution in [0.2, 0.25) is 5.02 Å². The normalized spacial score (nSPS) is 11.0. The molecule has 0 radical (unpaired) electrons. The van der Waals surface area contributed by atoms with Gasteiger partial charge in [0.1, 0.15) is 0 Å². The molecule has 0 heterocycles. The molecule has 0 amide bonds. The van der Waals surface area contributed by atoms with Crippen LogP contribution >= 0.6 is 11.6 Å². The Balaban J connectivity index is 2.24. The topological polar surface area (TPSA) is 40.5 Å². The highest BCUT2D eigenvalue weighted by atomic mass is 35.5. The van der Waals surface area contributed by atoms with E-state index in [1.54, 1.807) is 24.1 Å². The van der Waals surface area contributed by atoms with E-state index in [4.69, 9.17) is 16.7 Å². The smallest absolute Gasteiger partial charge is 0.317 e. The molecule has 1 N–H and O–H groups in total. The molecule has 0 bridgehead atoms. The summed E-state index contributed by atoms with van der Waals surface area (Å²) in [6.07, 6.45) is 1.95. The van der Waals surface area contributed by atoms with E-state index in [0.29, 0.717) is 11.6 Å². The second kappa shape index (κ2) is 8.93. The molecular weight excluding hydrogens is 322 g/mol. The van der Waals surface area contributed by atoms with Crippen LogP contribution in [0, 0.1) is 11.8 Å². The zero-order valence-corrected chi connectivity index (χ0v) is 14.1. The van der Waals surface area contributed by atoms with Crippen molar-refractivity contribution in [2.45, 2.75) is 0 Å². The predicted molar refractivity (Wildman–Crippen MR) is 97.9 cm³/mol. The van der Waals surface area contributed by atoms with Gasteiger partial charge in [0.15, 0.2) is 0 Å². The van der Waals surface area contributed by atoms with Crippen LogP contribution in [0.25, 0.3) is 5.57 Å². The molecule has 4 heteroatoms. The number of carbonyl (C=O) groups is 1. The first kappa shape index (κ1) is 17.8. The maximum absolute atomic E-state index is 10.8. The number of halogens is 1. The lowest BCUT2D eigenvalue weighted by Gasteiger charge is -2.11. The van der Waals surface area contributed by atoms with Crippen molar-refractivity contribution < 1.29 is 9.90 Å². The van der Waals surface area contributed by atoms with Gasteiger partial charge >= 0.3 is 5.97 Å². The van der Waals surface area contributed by atoms with Crippen LogP contribution in [-0.4, -0.2) is 36.1 Å². The third kappa shape index (κ3) is 5.92. The van der Waals surface area contributed by atoms with Crippen molar-refractivity contribution in [2.24, 2.45) is 0 Å². The molecule has 0 fully saturated rings. The highest BCUT2D eigenvalue weighted by molar-refractivity contribution is 6.30. The van der Waals surface area contributed by atoms with Crippen LogP contribution in [0.15, 0.2) is 60.7 Å². The van der Waals surface area contributed by atoms with E-state index >= 15 is 0 Å². The van der Waals surface area contributed by atoms with Gasteiger partial charge in [-0.05, 0) is 36.9 Å². The van der Waals surface area contributed by atoms with Crippen molar-refractivity contribution in [1.82, 2.24) is 4.90 Å². The minimum atomic E-state index is -0.848. The number of hydrogen-bond donors (Lipinski definition) is 1. The van der Waals surface area contributed by atoms with E-state index in [0.717, 1.165) is 16.7 Å². The first-order chi connectivity index (χ1) is 11.5.